The van der Waals surface area contributed by atoms with Crippen LogP contribution in [-0.4, -0.2) is 10.1 Å². The smallest absolute Gasteiger partial charge is 0.260 e. The zero-order valence-electron chi connectivity index (χ0n) is 10.7. The van der Waals surface area contributed by atoms with Crippen molar-refractivity contribution in [1.82, 2.24) is 10.1 Å². The number of nitrogens with two attached hydrogens (primary N) is 1. The maximum Gasteiger partial charge on any atom is 0.260 e. The van der Waals surface area contributed by atoms with Gasteiger partial charge in [-0.25, -0.2) is 0 Å². The molecule has 0 aliphatic heterocycles. The molecule has 0 unspecified atom stereocenters. The van der Waals surface area contributed by atoms with Crippen molar-refractivity contribution in [3.63, 3.8) is 0 Å². The molecule has 2 aromatic heterocycles. The topological polar surface area (TPSA) is 78.1 Å². The first-order chi connectivity index (χ1) is 9.16. The van der Waals surface area contributed by atoms with Crippen molar-refractivity contribution >= 4 is 5.69 Å². The minimum absolute atomic E-state index is 0.414. The van der Waals surface area contributed by atoms with Crippen molar-refractivity contribution in [2.75, 3.05) is 5.73 Å². The van der Waals surface area contributed by atoms with Gasteiger partial charge >= 0.3 is 0 Å². The van der Waals surface area contributed by atoms with Gasteiger partial charge in [0.05, 0.1) is 17.4 Å². The van der Waals surface area contributed by atoms with Gasteiger partial charge < -0.3 is 14.7 Å². The van der Waals surface area contributed by atoms with E-state index >= 15 is 0 Å². The van der Waals surface area contributed by atoms with Gasteiger partial charge in [0.25, 0.3) is 5.89 Å². The van der Waals surface area contributed by atoms with Crippen molar-refractivity contribution in [1.29, 1.82) is 0 Å². The predicted octanol–water partition coefficient (Wildman–Crippen LogP) is 3.20. The second-order valence-electron chi connectivity index (χ2n) is 4.35. The maximum absolute atomic E-state index is 6.03. The molecule has 96 valence electrons. The third-order valence-corrected chi connectivity index (χ3v) is 3.08. The Morgan fingerprint density at radius 3 is 2.68 bits per heavy atom. The van der Waals surface area contributed by atoms with Crippen LogP contribution in [0, 0.1) is 13.8 Å². The Hall–Kier alpha value is -2.56. The fourth-order valence-electron chi connectivity index (χ4n) is 1.93. The van der Waals surface area contributed by atoms with Crippen molar-refractivity contribution < 1.29 is 8.94 Å². The summed E-state index contributed by atoms with van der Waals surface area (Å²) in [5.74, 6) is 1.67. The molecule has 0 saturated heterocycles. The molecule has 2 heterocycles. The minimum Gasteiger partial charge on any atom is -0.469 e. The standard InChI is InChI=1S/C14H13N3O2/c1-8-4-3-5-11(12(8)15)14-16-13(17-19-14)10-6-7-18-9(10)2/h3-7H,15H2,1-2H3. The van der Waals surface area contributed by atoms with Crippen LogP contribution < -0.4 is 5.73 Å². The van der Waals surface area contributed by atoms with Gasteiger partial charge in [-0.05, 0) is 31.5 Å². The average molecular weight is 255 g/mol. The summed E-state index contributed by atoms with van der Waals surface area (Å²) in [7, 11) is 0. The molecule has 3 rings (SSSR count). The Morgan fingerprint density at radius 2 is 1.95 bits per heavy atom. The number of para-hydroxylation sites is 1. The molecule has 0 aliphatic carbocycles. The maximum atomic E-state index is 6.03. The van der Waals surface area contributed by atoms with E-state index in [4.69, 9.17) is 14.7 Å². The van der Waals surface area contributed by atoms with Crippen LogP contribution in [0.25, 0.3) is 22.8 Å². The first-order valence-electron chi connectivity index (χ1n) is 5.90. The normalized spacial score (nSPS) is 10.8. The molecule has 19 heavy (non-hydrogen) atoms. The number of nitrogen functional groups attached to an aromatic ring is 1. The molecule has 5 heteroatoms. The van der Waals surface area contributed by atoms with E-state index in [9.17, 15) is 0 Å². The summed E-state index contributed by atoms with van der Waals surface area (Å²) < 4.78 is 10.5. The van der Waals surface area contributed by atoms with Crippen LogP contribution in [0.4, 0.5) is 5.69 Å². The largest absolute Gasteiger partial charge is 0.469 e. The van der Waals surface area contributed by atoms with Crippen molar-refractivity contribution in [2.24, 2.45) is 0 Å². The van der Waals surface area contributed by atoms with Crippen LogP contribution in [0.15, 0.2) is 39.5 Å². The molecule has 1 aromatic carbocycles. The van der Waals surface area contributed by atoms with Gasteiger partial charge in [-0.2, -0.15) is 4.98 Å². The monoisotopic (exact) mass is 255 g/mol. The molecule has 0 radical (unpaired) electrons. The number of anilines is 1. The van der Waals surface area contributed by atoms with E-state index in [0.29, 0.717) is 17.4 Å². The number of rotatable bonds is 2. The van der Waals surface area contributed by atoms with E-state index in [1.165, 1.54) is 0 Å². The third-order valence-electron chi connectivity index (χ3n) is 3.08. The molecule has 5 nitrogen and oxygen atoms in total. The summed E-state index contributed by atoms with van der Waals surface area (Å²) in [5, 5.41) is 3.96. The van der Waals surface area contributed by atoms with Crippen LogP contribution >= 0.6 is 0 Å². The number of hydrogen-bond acceptors (Lipinski definition) is 5. The highest BCUT2D eigenvalue weighted by Crippen LogP contribution is 2.29. The first-order valence-corrected chi connectivity index (χ1v) is 5.90. The van der Waals surface area contributed by atoms with Crippen LogP contribution in [0.3, 0.4) is 0 Å². The van der Waals surface area contributed by atoms with Crippen molar-refractivity contribution in [3.8, 4) is 22.8 Å². The first kappa shape index (κ1) is 11.5. The number of aryl methyl sites for hydroxylation is 2. The third kappa shape index (κ3) is 1.89. The van der Waals surface area contributed by atoms with E-state index in [1.54, 1.807) is 6.26 Å². The van der Waals surface area contributed by atoms with Crippen LogP contribution in [0.1, 0.15) is 11.3 Å². The quantitative estimate of drug-likeness (QED) is 0.711. The second kappa shape index (κ2) is 4.28. The Morgan fingerprint density at radius 1 is 1.11 bits per heavy atom. The van der Waals surface area contributed by atoms with Gasteiger partial charge in [0.15, 0.2) is 0 Å². The summed E-state index contributed by atoms with van der Waals surface area (Å²) >= 11 is 0. The highest BCUT2D eigenvalue weighted by molar-refractivity contribution is 5.74. The lowest BCUT2D eigenvalue weighted by molar-refractivity contribution is 0.432. The number of hydrogen-bond donors (Lipinski definition) is 1. The molecule has 2 N–H and O–H groups in total. The van der Waals surface area contributed by atoms with Crippen LogP contribution in [-0.2, 0) is 0 Å². The van der Waals surface area contributed by atoms with Crippen LogP contribution in [0.5, 0.6) is 0 Å². The summed E-state index contributed by atoms with van der Waals surface area (Å²) in [6.45, 7) is 3.79. The highest BCUT2D eigenvalue weighted by Gasteiger charge is 2.16. The zero-order valence-corrected chi connectivity index (χ0v) is 10.7. The number of aromatic nitrogens is 2. The molecule has 0 bridgehead atoms. The Labute approximate surface area is 110 Å². The van der Waals surface area contributed by atoms with E-state index in [2.05, 4.69) is 10.1 Å². The summed E-state index contributed by atoms with van der Waals surface area (Å²) in [6.07, 6.45) is 1.60. The van der Waals surface area contributed by atoms with E-state index in [-0.39, 0.29) is 0 Å². The molecule has 0 spiro atoms. The van der Waals surface area contributed by atoms with E-state index < -0.39 is 0 Å². The summed E-state index contributed by atoms with van der Waals surface area (Å²) in [6, 6.07) is 7.52. The lowest BCUT2D eigenvalue weighted by Gasteiger charge is -2.02. The molecule has 3 aromatic rings. The van der Waals surface area contributed by atoms with Gasteiger partial charge in [-0.15, -0.1) is 0 Å². The minimum atomic E-state index is 0.414. The predicted molar refractivity (Wildman–Crippen MR) is 71.3 cm³/mol. The lowest BCUT2D eigenvalue weighted by Crippen LogP contribution is -1.93. The van der Waals surface area contributed by atoms with E-state index in [0.717, 1.165) is 22.5 Å². The highest BCUT2D eigenvalue weighted by atomic mass is 16.5. The Balaban J connectivity index is 2.07. The molecule has 0 saturated carbocycles. The van der Waals surface area contributed by atoms with Gasteiger partial charge in [-0.1, -0.05) is 17.3 Å². The Kier molecular flexibility index (Phi) is 2.59. The lowest BCUT2D eigenvalue weighted by atomic mass is 10.1. The Bertz CT molecular complexity index is 728. The van der Waals surface area contributed by atoms with Gasteiger partial charge in [-0.3, -0.25) is 0 Å². The molecular formula is C14H13N3O2. The van der Waals surface area contributed by atoms with Gasteiger partial charge in [0.2, 0.25) is 5.82 Å². The fourth-order valence-corrected chi connectivity index (χ4v) is 1.93. The second-order valence-corrected chi connectivity index (χ2v) is 4.35. The zero-order chi connectivity index (χ0) is 13.4. The van der Waals surface area contributed by atoms with Gasteiger partial charge in [0, 0.05) is 5.69 Å². The molecule has 0 atom stereocenters. The SMILES string of the molecule is Cc1cccc(-c2nc(-c3ccoc3C)no2)c1N. The summed E-state index contributed by atoms with van der Waals surface area (Å²) in [4.78, 5) is 4.37. The summed E-state index contributed by atoms with van der Waals surface area (Å²) in [5.41, 5.74) is 9.23. The number of furan rings is 1. The molecule has 0 fully saturated rings. The number of nitrogens with zero attached hydrogens (tertiary/aromatic N) is 2. The van der Waals surface area contributed by atoms with Crippen LogP contribution in [0.2, 0.25) is 0 Å². The number of benzene rings is 1. The molecular weight excluding hydrogens is 242 g/mol. The molecule has 0 amide bonds. The van der Waals surface area contributed by atoms with Crippen molar-refractivity contribution in [3.05, 3.63) is 41.9 Å². The fraction of sp³-hybridized carbons (Fsp3) is 0.143. The van der Waals surface area contributed by atoms with Gasteiger partial charge in [0.1, 0.15) is 5.76 Å². The molecule has 0 aliphatic rings. The van der Waals surface area contributed by atoms with E-state index in [1.807, 2.05) is 38.1 Å². The van der Waals surface area contributed by atoms with Crippen molar-refractivity contribution in [2.45, 2.75) is 13.8 Å². The average Bonchev–Trinajstić information content (AvgIpc) is 3.01.